The van der Waals surface area contributed by atoms with E-state index in [-0.39, 0.29) is 22.9 Å². The predicted octanol–water partition coefficient (Wildman–Crippen LogP) is 4.45. The third-order valence-electron chi connectivity index (χ3n) is 4.58. The Labute approximate surface area is 159 Å². The molecule has 0 fully saturated rings. The number of sulfone groups is 1. The number of anilines is 1. The quantitative estimate of drug-likeness (QED) is 0.704. The van der Waals surface area contributed by atoms with Gasteiger partial charge in [0, 0.05) is 17.2 Å². The summed E-state index contributed by atoms with van der Waals surface area (Å²) in [7, 11) is -3.43. The van der Waals surface area contributed by atoms with Gasteiger partial charge in [-0.2, -0.15) is 0 Å². The van der Waals surface area contributed by atoms with Crippen molar-refractivity contribution < 1.29 is 17.6 Å². The Balaban J connectivity index is 1.89. The molecule has 1 aromatic heterocycles. The summed E-state index contributed by atoms with van der Waals surface area (Å²) in [5.41, 5.74) is 4.19. The Hall–Kier alpha value is -2.60. The SMILES string of the molecule is Cc1cc2occ(CC(=O)Nc3ccccc3S(C)(=O)=O)c2cc1C(C)C. The molecule has 0 saturated heterocycles. The van der Waals surface area contributed by atoms with Gasteiger partial charge in [0.05, 0.1) is 23.3 Å². The Morgan fingerprint density at radius 2 is 1.89 bits per heavy atom. The van der Waals surface area contributed by atoms with Crippen molar-refractivity contribution in [2.75, 3.05) is 11.6 Å². The third-order valence-corrected chi connectivity index (χ3v) is 5.73. The van der Waals surface area contributed by atoms with E-state index in [9.17, 15) is 13.2 Å². The number of hydrogen-bond acceptors (Lipinski definition) is 4. The molecule has 0 aliphatic rings. The number of para-hydroxylation sites is 1. The number of rotatable bonds is 5. The molecule has 0 bridgehead atoms. The van der Waals surface area contributed by atoms with E-state index in [0.717, 1.165) is 28.4 Å². The number of carbonyl (C=O) groups excluding carboxylic acids is 1. The van der Waals surface area contributed by atoms with Gasteiger partial charge in [-0.25, -0.2) is 8.42 Å². The molecule has 0 saturated carbocycles. The topological polar surface area (TPSA) is 76.4 Å². The number of benzene rings is 2. The van der Waals surface area contributed by atoms with Crippen molar-refractivity contribution in [3.8, 4) is 0 Å². The van der Waals surface area contributed by atoms with Crippen LogP contribution in [0.2, 0.25) is 0 Å². The fourth-order valence-corrected chi connectivity index (χ4v) is 4.11. The number of fused-ring (bicyclic) bond motifs is 1. The Kier molecular flexibility index (Phi) is 5.11. The summed E-state index contributed by atoms with van der Waals surface area (Å²) in [6.07, 6.45) is 2.82. The van der Waals surface area contributed by atoms with Gasteiger partial charge in [0.25, 0.3) is 0 Å². The minimum atomic E-state index is -3.43. The van der Waals surface area contributed by atoms with Crippen molar-refractivity contribution in [2.24, 2.45) is 0 Å². The van der Waals surface area contributed by atoms with Crippen LogP contribution in [0.15, 0.2) is 52.0 Å². The molecule has 0 spiro atoms. The van der Waals surface area contributed by atoms with E-state index in [0.29, 0.717) is 5.92 Å². The predicted molar refractivity (Wildman–Crippen MR) is 107 cm³/mol. The van der Waals surface area contributed by atoms with Crippen molar-refractivity contribution in [3.05, 3.63) is 59.4 Å². The summed E-state index contributed by atoms with van der Waals surface area (Å²) >= 11 is 0. The summed E-state index contributed by atoms with van der Waals surface area (Å²) < 4.78 is 29.4. The number of hydrogen-bond donors (Lipinski definition) is 1. The fraction of sp³-hybridized carbons (Fsp3) is 0.286. The van der Waals surface area contributed by atoms with Crippen LogP contribution in [0, 0.1) is 6.92 Å². The summed E-state index contributed by atoms with van der Waals surface area (Å²) in [5.74, 6) is 0.0769. The van der Waals surface area contributed by atoms with Crippen LogP contribution in [0.5, 0.6) is 0 Å². The van der Waals surface area contributed by atoms with Crippen molar-refractivity contribution in [1.29, 1.82) is 0 Å². The van der Waals surface area contributed by atoms with E-state index in [1.54, 1.807) is 24.5 Å². The zero-order valence-corrected chi connectivity index (χ0v) is 16.7. The van der Waals surface area contributed by atoms with E-state index >= 15 is 0 Å². The number of aryl methyl sites for hydroxylation is 1. The molecule has 0 atom stereocenters. The van der Waals surface area contributed by atoms with E-state index in [1.165, 1.54) is 11.6 Å². The van der Waals surface area contributed by atoms with Gasteiger partial charge in [0.15, 0.2) is 9.84 Å². The molecular weight excluding hydrogens is 362 g/mol. The molecule has 0 aliphatic heterocycles. The minimum Gasteiger partial charge on any atom is -0.464 e. The maximum atomic E-state index is 12.5. The van der Waals surface area contributed by atoms with Crippen LogP contribution in [0.25, 0.3) is 11.0 Å². The van der Waals surface area contributed by atoms with E-state index < -0.39 is 9.84 Å². The molecule has 1 amide bonds. The average molecular weight is 385 g/mol. The highest BCUT2D eigenvalue weighted by atomic mass is 32.2. The van der Waals surface area contributed by atoms with Crippen molar-refractivity contribution in [3.63, 3.8) is 0 Å². The zero-order valence-electron chi connectivity index (χ0n) is 15.9. The monoisotopic (exact) mass is 385 g/mol. The lowest BCUT2D eigenvalue weighted by Crippen LogP contribution is -2.16. The molecule has 3 rings (SSSR count). The van der Waals surface area contributed by atoms with Crippen LogP contribution in [0.3, 0.4) is 0 Å². The zero-order chi connectivity index (χ0) is 19.8. The Bertz CT molecular complexity index is 1110. The highest BCUT2D eigenvalue weighted by molar-refractivity contribution is 7.90. The lowest BCUT2D eigenvalue weighted by molar-refractivity contribution is -0.115. The molecule has 1 heterocycles. The molecule has 5 nitrogen and oxygen atoms in total. The van der Waals surface area contributed by atoms with Gasteiger partial charge in [0.2, 0.25) is 5.91 Å². The molecule has 1 N–H and O–H groups in total. The van der Waals surface area contributed by atoms with Gasteiger partial charge in [0.1, 0.15) is 5.58 Å². The maximum Gasteiger partial charge on any atom is 0.228 e. The summed E-state index contributed by atoms with van der Waals surface area (Å²) in [6, 6.07) is 10.5. The summed E-state index contributed by atoms with van der Waals surface area (Å²) in [5, 5.41) is 3.62. The van der Waals surface area contributed by atoms with Crippen LogP contribution in [-0.4, -0.2) is 20.6 Å². The fourth-order valence-electron chi connectivity index (χ4n) is 3.26. The van der Waals surface area contributed by atoms with Gasteiger partial charge < -0.3 is 9.73 Å². The Morgan fingerprint density at radius 3 is 2.56 bits per heavy atom. The van der Waals surface area contributed by atoms with Crippen molar-refractivity contribution >= 4 is 32.4 Å². The molecule has 3 aromatic rings. The van der Waals surface area contributed by atoms with Gasteiger partial charge in [-0.15, -0.1) is 0 Å². The Morgan fingerprint density at radius 1 is 1.19 bits per heavy atom. The van der Waals surface area contributed by atoms with Crippen molar-refractivity contribution in [2.45, 2.75) is 38.0 Å². The molecule has 2 aromatic carbocycles. The first-order valence-corrected chi connectivity index (χ1v) is 10.7. The standard InChI is InChI=1S/C21H23NO4S/c1-13(2)16-11-17-15(12-26-19(17)9-14(16)3)10-21(23)22-18-7-5-6-8-20(18)27(4,24)25/h5-9,11-13H,10H2,1-4H3,(H,22,23). The second-order valence-corrected chi connectivity index (χ2v) is 9.10. The molecule has 0 unspecified atom stereocenters. The molecule has 142 valence electrons. The first-order valence-electron chi connectivity index (χ1n) is 8.76. The van der Waals surface area contributed by atoms with E-state index in [4.69, 9.17) is 4.42 Å². The van der Waals surface area contributed by atoms with Gasteiger partial charge in [-0.1, -0.05) is 26.0 Å². The van der Waals surface area contributed by atoms with Crippen LogP contribution in [0.1, 0.15) is 36.5 Å². The van der Waals surface area contributed by atoms with Crippen LogP contribution in [-0.2, 0) is 21.1 Å². The third kappa shape index (κ3) is 4.06. The smallest absolute Gasteiger partial charge is 0.228 e. The second-order valence-electron chi connectivity index (χ2n) is 7.11. The molecule has 0 aliphatic carbocycles. The highest BCUT2D eigenvalue weighted by Crippen LogP contribution is 2.29. The first kappa shape index (κ1) is 19.2. The molecular formula is C21H23NO4S. The van der Waals surface area contributed by atoms with Crippen LogP contribution < -0.4 is 5.32 Å². The van der Waals surface area contributed by atoms with Crippen LogP contribution >= 0.6 is 0 Å². The lowest BCUT2D eigenvalue weighted by Gasteiger charge is -2.11. The molecule has 0 radical (unpaired) electrons. The number of furan rings is 1. The maximum absolute atomic E-state index is 12.5. The normalized spacial score (nSPS) is 11.9. The number of amides is 1. The summed E-state index contributed by atoms with van der Waals surface area (Å²) in [6.45, 7) is 6.30. The van der Waals surface area contributed by atoms with Gasteiger partial charge in [-0.05, 0) is 48.2 Å². The number of nitrogens with one attached hydrogen (secondary N) is 1. The number of carbonyl (C=O) groups is 1. The van der Waals surface area contributed by atoms with E-state index in [1.807, 2.05) is 13.0 Å². The van der Waals surface area contributed by atoms with Crippen LogP contribution in [0.4, 0.5) is 5.69 Å². The van der Waals surface area contributed by atoms with E-state index in [2.05, 4.69) is 25.2 Å². The second kappa shape index (κ2) is 7.19. The first-order chi connectivity index (χ1) is 12.7. The molecule has 6 heteroatoms. The van der Waals surface area contributed by atoms with Gasteiger partial charge >= 0.3 is 0 Å². The van der Waals surface area contributed by atoms with Gasteiger partial charge in [-0.3, -0.25) is 4.79 Å². The lowest BCUT2D eigenvalue weighted by atomic mass is 9.95. The average Bonchev–Trinajstić information content (AvgIpc) is 2.95. The van der Waals surface area contributed by atoms with Crippen molar-refractivity contribution in [1.82, 2.24) is 0 Å². The largest absolute Gasteiger partial charge is 0.464 e. The highest BCUT2D eigenvalue weighted by Gasteiger charge is 2.17. The minimum absolute atomic E-state index is 0.103. The summed E-state index contributed by atoms with van der Waals surface area (Å²) in [4.78, 5) is 12.6. The molecule has 27 heavy (non-hydrogen) atoms.